The van der Waals surface area contributed by atoms with Crippen molar-refractivity contribution < 1.29 is 0 Å². The maximum Gasteiger partial charge on any atom is 0.0662 e. The second kappa shape index (κ2) is 6.93. The molecule has 0 unspecified atom stereocenters. The van der Waals surface area contributed by atoms with Gasteiger partial charge in [-0.15, -0.1) is 0 Å². The van der Waals surface area contributed by atoms with E-state index in [9.17, 15) is 0 Å². The Morgan fingerprint density at radius 2 is 1.80 bits per heavy atom. The normalized spacial score (nSPS) is 20.4. The van der Waals surface area contributed by atoms with Crippen LogP contribution in [0.5, 0.6) is 0 Å². The second-order valence-corrected chi connectivity index (χ2v) is 8.00. The molecule has 1 aromatic heterocycles. The Balaban J connectivity index is 1.46. The van der Waals surface area contributed by atoms with Gasteiger partial charge in [0.15, 0.2) is 0 Å². The number of nitrogens with one attached hydrogen (secondary N) is 1. The summed E-state index contributed by atoms with van der Waals surface area (Å²) in [5.74, 6) is 0. The Kier molecular flexibility index (Phi) is 4.65. The molecule has 25 heavy (non-hydrogen) atoms. The van der Waals surface area contributed by atoms with Crippen LogP contribution in [-0.2, 0) is 13.1 Å². The topological polar surface area (TPSA) is 33.1 Å². The molecule has 1 spiro atoms. The smallest absolute Gasteiger partial charge is 0.0662 e. The highest BCUT2D eigenvalue weighted by Gasteiger charge is 2.38. The number of piperidine rings is 1. The fourth-order valence-corrected chi connectivity index (χ4v) is 4.62. The van der Waals surface area contributed by atoms with Gasteiger partial charge in [-0.25, -0.2) is 0 Å². The highest BCUT2D eigenvalue weighted by atomic mass is 15.3. The minimum atomic E-state index is 0.576. The van der Waals surface area contributed by atoms with Gasteiger partial charge in [-0.1, -0.05) is 30.3 Å². The number of nitrogens with zero attached hydrogens (tertiary/aromatic N) is 3. The third kappa shape index (κ3) is 3.51. The van der Waals surface area contributed by atoms with Crippen molar-refractivity contribution in [3.63, 3.8) is 0 Å². The van der Waals surface area contributed by atoms with Crippen molar-refractivity contribution in [2.75, 3.05) is 26.2 Å². The van der Waals surface area contributed by atoms with Crippen molar-refractivity contribution in [2.24, 2.45) is 5.41 Å². The van der Waals surface area contributed by atoms with E-state index in [1.807, 2.05) is 0 Å². The Bertz CT molecular complexity index is 713. The summed E-state index contributed by atoms with van der Waals surface area (Å²) in [6.45, 7) is 11.2. The zero-order valence-electron chi connectivity index (χ0n) is 15.6. The first-order chi connectivity index (χ1) is 12.2. The molecular formula is C21H30N4. The first-order valence-corrected chi connectivity index (χ1v) is 9.65. The molecule has 2 aliphatic heterocycles. The lowest BCUT2D eigenvalue weighted by molar-refractivity contribution is 0.193. The Morgan fingerprint density at radius 3 is 2.56 bits per heavy atom. The zero-order valence-corrected chi connectivity index (χ0v) is 15.6. The molecule has 3 heterocycles. The summed E-state index contributed by atoms with van der Waals surface area (Å²) in [7, 11) is 0. The second-order valence-electron chi connectivity index (χ2n) is 8.00. The lowest BCUT2D eigenvalue weighted by Gasteiger charge is -2.34. The van der Waals surface area contributed by atoms with Gasteiger partial charge >= 0.3 is 0 Å². The first-order valence-electron chi connectivity index (χ1n) is 9.65. The Labute approximate surface area is 151 Å². The van der Waals surface area contributed by atoms with Gasteiger partial charge in [-0.05, 0) is 63.7 Å². The number of likely N-dealkylation sites (tertiary alicyclic amines) is 1. The SMILES string of the molecule is Cc1nn(Cc2ccccc2)c(C)c1CN1CCC2(CCNCC2)C1. The van der Waals surface area contributed by atoms with Crippen LogP contribution in [0.15, 0.2) is 30.3 Å². The third-order valence-electron chi connectivity index (χ3n) is 6.27. The Hall–Kier alpha value is -1.65. The number of aryl methyl sites for hydroxylation is 1. The average molecular weight is 338 g/mol. The van der Waals surface area contributed by atoms with E-state index >= 15 is 0 Å². The van der Waals surface area contributed by atoms with E-state index in [1.54, 1.807) is 0 Å². The highest BCUT2D eigenvalue weighted by Crippen LogP contribution is 2.39. The molecule has 4 nitrogen and oxygen atoms in total. The van der Waals surface area contributed by atoms with E-state index < -0.39 is 0 Å². The van der Waals surface area contributed by atoms with E-state index in [-0.39, 0.29) is 0 Å². The molecule has 2 saturated heterocycles. The van der Waals surface area contributed by atoms with Crippen molar-refractivity contribution in [1.82, 2.24) is 20.0 Å². The summed E-state index contributed by atoms with van der Waals surface area (Å²) in [6, 6.07) is 10.6. The molecule has 0 amide bonds. The van der Waals surface area contributed by atoms with Gasteiger partial charge in [-0.3, -0.25) is 9.58 Å². The number of hydrogen-bond donors (Lipinski definition) is 1. The fourth-order valence-electron chi connectivity index (χ4n) is 4.62. The first kappa shape index (κ1) is 16.8. The molecule has 0 saturated carbocycles. The predicted octanol–water partition coefficient (Wildman–Crippen LogP) is 3.12. The number of hydrogen-bond acceptors (Lipinski definition) is 3. The number of rotatable bonds is 4. The zero-order chi connectivity index (χ0) is 17.3. The molecule has 2 fully saturated rings. The molecule has 0 atom stereocenters. The van der Waals surface area contributed by atoms with Gasteiger partial charge in [0.2, 0.25) is 0 Å². The van der Waals surface area contributed by atoms with Crippen LogP contribution < -0.4 is 5.32 Å². The largest absolute Gasteiger partial charge is 0.317 e. The van der Waals surface area contributed by atoms with Gasteiger partial charge in [0.1, 0.15) is 0 Å². The van der Waals surface area contributed by atoms with Gasteiger partial charge < -0.3 is 5.32 Å². The minimum Gasteiger partial charge on any atom is -0.317 e. The molecule has 1 aromatic carbocycles. The Morgan fingerprint density at radius 1 is 1.04 bits per heavy atom. The van der Waals surface area contributed by atoms with E-state index in [0.717, 1.165) is 13.1 Å². The van der Waals surface area contributed by atoms with Crippen LogP contribution in [0.4, 0.5) is 0 Å². The van der Waals surface area contributed by atoms with Crippen molar-refractivity contribution in [2.45, 2.75) is 46.2 Å². The maximum atomic E-state index is 4.83. The standard InChI is InChI=1S/C21H30N4/c1-17-20(15-24-13-10-21(16-24)8-11-22-12-9-21)18(2)25(23-17)14-19-6-4-3-5-7-19/h3-7,22H,8-16H2,1-2H3. The van der Waals surface area contributed by atoms with Crippen molar-refractivity contribution in [3.05, 3.63) is 52.8 Å². The van der Waals surface area contributed by atoms with E-state index in [4.69, 9.17) is 5.10 Å². The lowest BCUT2D eigenvalue weighted by Crippen LogP contribution is -2.38. The van der Waals surface area contributed by atoms with Crippen molar-refractivity contribution in [3.8, 4) is 0 Å². The molecular weight excluding hydrogens is 308 g/mol. The molecule has 0 radical (unpaired) electrons. The van der Waals surface area contributed by atoms with E-state index in [2.05, 4.69) is 59.1 Å². The van der Waals surface area contributed by atoms with Gasteiger partial charge in [0.25, 0.3) is 0 Å². The van der Waals surface area contributed by atoms with Crippen LogP contribution in [0.1, 0.15) is 41.8 Å². The molecule has 1 N–H and O–H groups in total. The molecule has 134 valence electrons. The van der Waals surface area contributed by atoms with Crippen LogP contribution in [0.2, 0.25) is 0 Å². The number of benzene rings is 1. The fraction of sp³-hybridized carbons (Fsp3) is 0.571. The molecule has 0 bridgehead atoms. The third-order valence-corrected chi connectivity index (χ3v) is 6.27. The predicted molar refractivity (Wildman–Crippen MR) is 102 cm³/mol. The number of aromatic nitrogens is 2. The summed E-state index contributed by atoms with van der Waals surface area (Å²) >= 11 is 0. The van der Waals surface area contributed by atoms with Gasteiger partial charge in [0.05, 0.1) is 12.2 Å². The molecule has 0 aliphatic carbocycles. The van der Waals surface area contributed by atoms with Crippen molar-refractivity contribution in [1.29, 1.82) is 0 Å². The summed E-state index contributed by atoms with van der Waals surface area (Å²) in [4.78, 5) is 2.66. The highest BCUT2D eigenvalue weighted by molar-refractivity contribution is 5.26. The van der Waals surface area contributed by atoms with Crippen LogP contribution in [0.25, 0.3) is 0 Å². The van der Waals surface area contributed by atoms with Crippen LogP contribution in [-0.4, -0.2) is 40.9 Å². The summed E-state index contributed by atoms with van der Waals surface area (Å²) in [5, 5.41) is 8.34. The summed E-state index contributed by atoms with van der Waals surface area (Å²) in [5.41, 5.74) is 5.84. The summed E-state index contributed by atoms with van der Waals surface area (Å²) < 4.78 is 2.18. The molecule has 4 heteroatoms. The van der Waals surface area contributed by atoms with Crippen LogP contribution in [0, 0.1) is 19.3 Å². The molecule has 2 aliphatic rings. The summed E-state index contributed by atoms with van der Waals surface area (Å²) in [6.07, 6.45) is 4.05. The van der Waals surface area contributed by atoms with E-state index in [0.29, 0.717) is 5.41 Å². The monoisotopic (exact) mass is 338 g/mol. The lowest BCUT2D eigenvalue weighted by atomic mass is 9.78. The quantitative estimate of drug-likeness (QED) is 0.930. The average Bonchev–Trinajstić information content (AvgIpc) is 3.13. The maximum absolute atomic E-state index is 4.83. The van der Waals surface area contributed by atoms with Crippen LogP contribution >= 0.6 is 0 Å². The van der Waals surface area contributed by atoms with Crippen molar-refractivity contribution >= 4 is 0 Å². The van der Waals surface area contributed by atoms with Crippen LogP contribution in [0.3, 0.4) is 0 Å². The molecule has 2 aromatic rings. The minimum absolute atomic E-state index is 0.576. The molecule has 4 rings (SSSR count). The van der Waals surface area contributed by atoms with Gasteiger partial charge in [0, 0.05) is 24.3 Å². The van der Waals surface area contributed by atoms with E-state index in [1.165, 1.54) is 68.0 Å². The van der Waals surface area contributed by atoms with Gasteiger partial charge in [-0.2, -0.15) is 5.10 Å².